The first-order valence-corrected chi connectivity index (χ1v) is 5.02. The second-order valence-corrected chi connectivity index (χ2v) is 3.71. The minimum Gasteiger partial charge on any atom is -0.508 e. The van der Waals surface area contributed by atoms with E-state index in [1.54, 1.807) is 12.1 Å². The molecule has 1 aliphatic heterocycles. The van der Waals surface area contributed by atoms with Crippen molar-refractivity contribution in [3.8, 4) is 5.75 Å². The molecule has 0 bridgehead atoms. The number of aromatic hydroxyl groups is 1. The lowest BCUT2D eigenvalue weighted by molar-refractivity contribution is 0.475. The van der Waals surface area contributed by atoms with Crippen LogP contribution in [0.25, 0.3) is 6.08 Å². The van der Waals surface area contributed by atoms with E-state index < -0.39 is 0 Å². The number of phenols is 1. The van der Waals surface area contributed by atoms with E-state index in [0.717, 1.165) is 18.7 Å². The van der Waals surface area contributed by atoms with Gasteiger partial charge in [0.2, 0.25) is 0 Å². The van der Waals surface area contributed by atoms with Gasteiger partial charge in [0.1, 0.15) is 5.75 Å². The molecule has 2 heteroatoms. The summed E-state index contributed by atoms with van der Waals surface area (Å²) in [5, 5.41) is 12.6. The summed E-state index contributed by atoms with van der Waals surface area (Å²) in [5.74, 6) is 0.981. The lowest BCUT2D eigenvalue weighted by Crippen LogP contribution is -2.07. The fourth-order valence-corrected chi connectivity index (χ4v) is 1.72. The van der Waals surface area contributed by atoms with E-state index in [4.69, 9.17) is 0 Å². The number of hydrogen-bond donors (Lipinski definition) is 2. The second kappa shape index (κ2) is 4.29. The van der Waals surface area contributed by atoms with E-state index in [-0.39, 0.29) is 0 Å². The van der Waals surface area contributed by atoms with Crippen molar-refractivity contribution in [3.63, 3.8) is 0 Å². The van der Waals surface area contributed by atoms with Gasteiger partial charge in [0, 0.05) is 6.54 Å². The molecular formula is C12H15NO. The fraction of sp³-hybridized carbons (Fsp3) is 0.333. The van der Waals surface area contributed by atoms with Crippen LogP contribution >= 0.6 is 0 Å². The lowest BCUT2D eigenvalue weighted by atomic mass is 10.1. The van der Waals surface area contributed by atoms with Crippen molar-refractivity contribution in [2.75, 3.05) is 13.1 Å². The van der Waals surface area contributed by atoms with Crippen LogP contribution in [0.15, 0.2) is 30.3 Å². The molecule has 0 radical (unpaired) electrons. The Labute approximate surface area is 84.3 Å². The highest BCUT2D eigenvalue weighted by atomic mass is 16.3. The number of rotatable bonds is 2. The van der Waals surface area contributed by atoms with Gasteiger partial charge in [-0.05, 0) is 36.6 Å². The predicted octanol–water partition coefficient (Wildman–Crippen LogP) is 2.01. The molecule has 1 aromatic carbocycles. The van der Waals surface area contributed by atoms with E-state index in [9.17, 15) is 5.11 Å². The highest BCUT2D eigenvalue weighted by molar-refractivity contribution is 5.51. The van der Waals surface area contributed by atoms with E-state index >= 15 is 0 Å². The van der Waals surface area contributed by atoms with Gasteiger partial charge in [0.15, 0.2) is 0 Å². The Morgan fingerprint density at radius 2 is 2.36 bits per heavy atom. The minimum absolute atomic E-state index is 0.330. The van der Waals surface area contributed by atoms with Crippen molar-refractivity contribution in [1.29, 1.82) is 0 Å². The van der Waals surface area contributed by atoms with Gasteiger partial charge in [0.05, 0.1) is 0 Å². The summed E-state index contributed by atoms with van der Waals surface area (Å²) in [6, 6.07) is 7.33. The molecule has 0 saturated carbocycles. The Morgan fingerprint density at radius 1 is 1.43 bits per heavy atom. The summed E-state index contributed by atoms with van der Waals surface area (Å²) in [6.45, 7) is 2.20. The molecule has 14 heavy (non-hydrogen) atoms. The van der Waals surface area contributed by atoms with E-state index in [1.807, 2.05) is 12.1 Å². The van der Waals surface area contributed by atoms with E-state index in [2.05, 4.69) is 17.5 Å². The Kier molecular flexibility index (Phi) is 2.84. The van der Waals surface area contributed by atoms with Crippen LogP contribution in [0.3, 0.4) is 0 Å². The summed E-state index contributed by atoms with van der Waals surface area (Å²) in [5.41, 5.74) is 1.07. The molecule has 0 aromatic heterocycles. The largest absolute Gasteiger partial charge is 0.508 e. The van der Waals surface area contributed by atoms with Gasteiger partial charge in [-0.1, -0.05) is 24.3 Å². The summed E-state index contributed by atoms with van der Waals surface area (Å²) in [4.78, 5) is 0. The molecule has 1 aliphatic rings. The van der Waals surface area contributed by atoms with Gasteiger partial charge >= 0.3 is 0 Å². The average Bonchev–Trinajstić information content (AvgIpc) is 2.67. The Balaban J connectivity index is 2.02. The van der Waals surface area contributed by atoms with Gasteiger partial charge in [-0.25, -0.2) is 0 Å². The van der Waals surface area contributed by atoms with Crippen molar-refractivity contribution in [1.82, 2.24) is 5.32 Å². The number of nitrogens with one attached hydrogen (secondary N) is 1. The molecule has 1 saturated heterocycles. The van der Waals surface area contributed by atoms with Gasteiger partial charge < -0.3 is 10.4 Å². The van der Waals surface area contributed by atoms with Gasteiger partial charge in [-0.15, -0.1) is 0 Å². The molecule has 0 spiro atoms. The van der Waals surface area contributed by atoms with Crippen molar-refractivity contribution < 1.29 is 5.11 Å². The van der Waals surface area contributed by atoms with Crippen LogP contribution in [0.4, 0.5) is 0 Å². The van der Waals surface area contributed by atoms with E-state index in [1.165, 1.54) is 6.42 Å². The molecule has 0 amide bonds. The first-order chi connectivity index (χ1) is 6.84. The minimum atomic E-state index is 0.330. The zero-order valence-corrected chi connectivity index (χ0v) is 8.11. The topological polar surface area (TPSA) is 32.3 Å². The maximum absolute atomic E-state index is 9.26. The third kappa shape index (κ3) is 2.36. The molecule has 1 unspecified atom stereocenters. The summed E-state index contributed by atoms with van der Waals surface area (Å²) >= 11 is 0. The van der Waals surface area contributed by atoms with Crippen molar-refractivity contribution in [2.24, 2.45) is 5.92 Å². The molecule has 0 aliphatic carbocycles. The van der Waals surface area contributed by atoms with Crippen LogP contribution in [0.5, 0.6) is 5.75 Å². The van der Waals surface area contributed by atoms with Crippen LogP contribution in [0.1, 0.15) is 12.0 Å². The smallest absolute Gasteiger partial charge is 0.116 e. The molecule has 1 atom stereocenters. The van der Waals surface area contributed by atoms with Crippen LogP contribution in [-0.4, -0.2) is 18.2 Å². The molecule has 1 aromatic rings. The standard InChI is InChI=1S/C12H15NO/c14-12-3-1-2-10(8-12)4-5-11-6-7-13-9-11/h1-5,8,11,13-14H,6-7,9H2/b5-4+. The van der Waals surface area contributed by atoms with Crippen LogP contribution in [0, 0.1) is 5.92 Å². The molecule has 1 fully saturated rings. The quantitative estimate of drug-likeness (QED) is 0.746. The Hall–Kier alpha value is -1.28. The molecular weight excluding hydrogens is 174 g/mol. The van der Waals surface area contributed by atoms with Crippen LogP contribution in [0.2, 0.25) is 0 Å². The van der Waals surface area contributed by atoms with Crippen molar-refractivity contribution in [2.45, 2.75) is 6.42 Å². The highest BCUT2D eigenvalue weighted by Gasteiger charge is 2.09. The average molecular weight is 189 g/mol. The fourth-order valence-electron chi connectivity index (χ4n) is 1.72. The normalized spacial score (nSPS) is 21.9. The summed E-state index contributed by atoms with van der Waals surface area (Å²) in [7, 11) is 0. The van der Waals surface area contributed by atoms with Gasteiger partial charge in [-0.3, -0.25) is 0 Å². The zero-order valence-electron chi connectivity index (χ0n) is 8.11. The first-order valence-electron chi connectivity index (χ1n) is 5.02. The Bertz CT molecular complexity index is 327. The van der Waals surface area contributed by atoms with Gasteiger partial charge in [0.25, 0.3) is 0 Å². The van der Waals surface area contributed by atoms with Crippen molar-refractivity contribution >= 4 is 6.08 Å². The summed E-state index contributed by atoms with van der Waals surface area (Å²) in [6.07, 6.45) is 5.52. The number of phenolic OH excluding ortho intramolecular Hbond substituents is 1. The SMILES string of the molecule is Oc1cccc(/C=C/C2CCNC2)c1. The molecule has 2 rings (SSSR count). The predicted molar refractivity (Wildman–Crippen MR) is 58.1 cm³/mol. The van der Waals surface area contributed by atoms with Crippen LogP contribution < -0.4 is 5.32 Å². The summed E-state index contributed by atoms with van der Waals surface area (Å²) < 4.78 is 0. The van der Waals surface area contributed by atoms with Gasteiger partial charge in [-0.2, -0.15) is 0 Å². The lowest BCUT2D eigenvalue weighted by Gasteiger charge is -1.99. The highest BCUT2D eigenvalue weighted by Crippen LogP contribution is 2.15. The van der Waals surface area contributed by atoms with E-state index in [0.29, 0.717) is 11.7 Å². The third-order valence-corrected chi connectivity index (χ3v) is 2.53. The van der Waals surface area contributed by atoms with Crippen LogP contribution in [-0.2, 0) is 0 Å². The molecule has 74 valence electrons. The number of benzene rings is 1. The monoisotopic (exact) mass is 189 g/mol. The Morgan fingerprint density at radius 3 is 3.07 bits per heavy atom. The first kappa shape index (κ1) is 9.28. The maximum atomic E-state index is 9.26. The second-order valence-electron chi connectivity index (χ2n) is 3.71. The maximum Gasteiger partial charge on any atom is 0.116 e. The molecule has 2 N–H and O–H groups in total. The third-order valence-electron chi connectivity index (χ3n) is 2.53. The molecule has 1 heterocycles. The zero-order chi connectivity index (χ0) is 9.80. The van der Waals surface area contributed by atoms with Crippen molar-refractivity contribution in [3.05, 3.63) is 35.9 Å². The molecule has 2 nitrogen and oxygen atoms in total. The number of hydrogen-bond acceptors (Lipinski definition) is 2.